The van der Waals surface area contributed by atoms with Gasteiger partial charge in [-0.25, -0.2) is 4.79 Å². The van der Waals surface area contributed by atoms with E-state index in [0.29, 0.717) is 38.2 Å². The van der Waals surface area contributed by atoms with E-state index >= 15 is 0 Å². The summed E-state index contributed by atoms with van der Waals surface area (Å²) < 4.78 is 13.5. The van der Waals surface area contributed by atoms with Crippen molar-refractivity contribution in [1.29, 1.82) is 0 Å². The zero-order chi connectivity index (χ0) is 37.7. The van der Waals surface area contributed by atoms with E-state index in [-0.39, 0.29) is 36.4 Å². The van der Waals surface area contributed by atoms with Crippen LogP contribution in [0.4, 0.5) is 16.2 Å². The van der Waals surface area contributed by atoms with Crippen molar-refractivity contribution in [3.8, 4) is 0 Å². The zero-order valence-corrected chi connectivity index (χ0v) is 30.8. The molecule has 3 heterocycles. The number of aliphatic hydroxyl groups excluding tert-OH is 1. The standard InChI is InChI=1S/C43H49N5O6/c1-29-38(26-47-22-20-43(21-23-47)41(51)44-28-48(43)36-14-7-4-8-15-36)53-40(54-39(29)33-18-16-32(27-49)17-19-33)34-12-9-13-35(25-34)45-42(52)46-37(30(2)50)24-31-10-5-3-6-11-31/h3-19,25,29,37-40,49H,20-24,26-28H2,1-2H3,(H,44,51)(H2,45,46,52). The SMILES string of the molecule is CC(=O)C(Cc1ccccc1)NC(=O)Nc1cccc(C2OC(CN3CCC4(CC3)C(=O)NCN4c3ccccc3)C(C)C(c3ccc(CO)cc3)O2)c1. The number of ether oxygens (including phenoxy) is 2. The number of nitrogens with zero attached hydrogens (tertiary/aromatic N) is 2. The van der Waals surface area contributed by atoms with Crippen molar-refractivity contribution >= 4 is 29.1 Å². The third-order valence-electron chi connectivity index (χ3n) is 11.1. The van der Waals surface area contributed by atoms with Gasteiger partial charge in [0.25, 0.3) is 0 Å². The van der Waals surface area contributed by atoms with Crippen LogP contribution < -0.4 is 20.9 Å². The molecule has 4 N–H and O–H groups in total. The van der Waals surface area contributed by atoms with Crippen LogP contribution in [0.2, 0.25) is 0 Å². The molecule has 282 valence electrons. The Bertz CT molecular complexity index is 1900. The predicted molar refractivity (Wildman–Crippen MR) is 207 cm³/mol. The van der Waals surface area contributed by atoms with E-state index in [1.165, 1.54) is 6.92 Å². The maximum atomic E-state index is 13.3. The Labute approximate surface area is 316 Å². The highest BCUT2D eigenvalue weighted by Crippen LogP contribution is 2.43. The molecule has 7 rings (SSSR count). The Hall–Kier alpha value is -5.07. The minimum Gasteiger partial charge on any atom is -0.392 e. The first-order valence-electron chi connectivity index (χ1n) is 18.8. The molecule has 4 aromatic rings. The number of urea groups is 1. The molecular weight excluding hydrogens is 683 g/mol. The van der Waals surface area contributed by atoms with E-state index in [9.17, 15) is 19.5 Å². The first-order chi connectivity index (χ1) is 26.2. The van der Waals surface area contributed by atoms with Gasteiger partial charge in [0.2, 0.25) is 5.91 Å². The molecule has 0 aromatic heterocycles. The summed E-state index contributed by atoms with van der Waals surface area (Å²) in [7, 11) is 0. The molecule has 54 heavy (non-hydrogen) atoms. The summed E-state index contributed by atoms with van der Waals surface area (Å²) in [4.78, 5) is 43.5. The first kappa shape index (κ1) is 37.3. The van der Waals surface area contributed by atoms with Crippen LogP contribution in [0, 0.1) is 5.92 Å². The van der Waals surface area contributed by atoms with Crippen molar-refractivity contribution in [2.24, 2.45) is 5.92 Å². The molecule has 3 aliphatic heterocycles. The van der Waals surface area contributed by atoms with Crippen molar-refractivity contribution in [3.05, 3.63) is 131 Å². The lowest BCUT2D eigenvalue weighted by atomic mass is 9.84. The van der Waals surface area contributed by atoms with E-state index in [1.54, 1.807) is 6.07 Å². The minimum atomic E-state index is -0.730. The average molecular weight is 732 g/mol. The highest BCUT2D eigenvalue weighted by atomic mass is 16.7. The van der Waals surface area contributed by atoms with Crippen LogP contribution in [0.1, 0.15) is 61.3 Å². The molecule has 3 aliphatic rings. The lowest BCUT2D eigenvalue weighted by Crippen LogP contribution is -2.57. The van der Waals surface area contributed by atoms with Gasteiger partial charge in [-0.15, -0.1) is 0 Å². The largest absolute Gasteiger partial charge is 0.392 e. The number of aliphatic hydroxyl groups is 1. The molecule has 3 fully saturated rings. The van der Waals surface area contributed by atoms with E-state index < -0.39 is 23.9 Å². The first-order valence-corrected chi connectivity index (χ1v) is 18.8. The third-order valence-corrected chi connectivity index (χ3v) is 11.1. The summed E-state index contributed by atoms with van der Waals surface area (Å²) in [6.45, 7) is 6.21. The van der Waals surface area contributed by atoms with Crippen molar-refractivity contribution in [1.82, 2.24) is 15.5 Å². The minimum absolute atomic E-state index is 0.0204. The second-order valence-corrected chi connectivity index (χ2v) is 14.7. The van der Waals surface area contributed by atoms with Crippen molar-refractivity contribution in [2.45, 2.75) is 69.8 Å². The van der Waals surface area contributed by atoms with Crippen molar-refractivity contribution < 1.29 is 29.0 Å². The number of anilines is 2. The van der Waals surface area contributed by atoms with Crippen LogP contribution >= 0.6 is 0 Å². The molecule has 3 saturated heterocycles. The highest BCUT2D eigenvalue weighted by molar-refractivity contribution is 5.94. The van der Waals surface area contributed by atoms with Gasteiger partial charge in [0.05, 0.1) is 31.5 Å². The van der Waals surface area contributed by atoms with Crippen LogP contribution in [0.3, 0.4) is 0 Å². The summed E-state index contributed by atoms with van der Waals surface area (Å²) in [6, 6.07) is 33.8. The van der Waals surface area contributed by atoms with E-state index in [1.807, 2.05) is 91.0 Å². The molecule has 11 heteroatoms. The van der Waals surface area contributed by atoms with E-state index in [4.69, 9.17) is 9.47 Å². The van der Waals surface area contributed by atoms with Crippen LogP contribution in [-0.4, -0.2) is 71.7 Å². The van der Waals surface area contributed by atoms with Gasteiger partial charge in [0.15, 0.2) is 12.1 Å². The number of hydrogen-bond donors (Lipinski definition) is 4. The number of ketones is 1. The maximum absolute atomic E-state index is 13.3. The Balaban J connectivity index is 1.06. The number of carbonyl (C=O) groups excluding carboxylic acids is 3. The van der Waals surface area contributed by atoms with Gasteiger partial charge in [-0.1, -0.05) is 91.9 Å². The molecule has 0 saturated carbocycles. The molecular formula is C43H49N5O6. The Morgan fingerprint density at radius 2 is 1.59 bits per heavy atom. The highest BCUT2D eigenvalue weighted by Gasteiger charge is 2.51. The summed E-state index contributed by atoms with van der Waals surface area (Å²) in [6.07, 6.45) is 0.549. The summed E-state index contributed by atoms with van der Waals surface area (Å²) >= 11 is 0. The van der Waals surface area contributed by atoms with E-state index in [2.05, 4.69) is 44.8 Å². The second-order valence-electron chi connectivity index (χ2n) is 14.7. The number of piperidine rings is 1. The summed E-state index contributed by atoms with van der Waals surface area (Å²) in [5, 5.41) is 18.5. The fraction of sp³-hybridized carbons (Fsp3) is 0.372. The molecule has 0 bridgehead atoms. The number of nitrogens with one attached hydrogen (secondary N) is 3. The zero-order valence-electron chi connectivity index (χ0n) is 30.8. The number of para-hydroxylation sites is 1. The van der Waals surface area contributed by atoms with Gasteiger partial charge in [-0.2, -0.15) is 0 Å². The van der Waals surface area contributed by atoms with Gasteiger partial charge in [-0.3, -0.25) is 9.59 Å². The Morgan fingerprint density at radius 1 is 0.889 bits per heavy atom. The molecule has 0 radical (unpaired) electrons. The predicted octanol–water partition coefficient (Wildman–Crippen LogP) is 5.72. The average Bonchev–Trinajstić information content (AvgIpc) is 3.51. The Kier molecular flexibility index (Phi) is 11.4. The quantitative estimate of drug-likeness (QED) is 0.154. The molecule has 5 unspecified atom stereocenters. The van der Waals surface area contributed by atoms with Crippen LogP contribution in [0.25, 0.3) is 0 Å². The van der Waals surface area contributed by atoms with Crippen LogP contribution in [0.5, 0.6) is 0 Å². The molecule has 11 nitrogen and oxygen atoms in total. The lowest BCUT2D eigenvalue weighted by molar-refractivity contribution is -0.276. The third kappa shape index (κ3) is 8.19. The molecule has 0 aliphatic carbocycles. The van der Waals surface area contributed by atoms with Gasteiger partial charge >= 0.3 is 6.03 Å². The van der Waals surface area contributed by atoms with Gasteiger partial charge in [0.1, 0.15) is 5.54 Å². The molecule has 3 amide bonds. The second kappa shape index (κ2) is 16.5. The number of rotatable bonds is 11. The topological polar surface area (TPSA) is 132 Å². The molecule has 4 aromatic carbocycles. The van der Waals surface area contributed by atoms with Crippen molar-refractivity contribution in [3.63, 3.8) is 0 Å². The number of amides is 3. The fourth-order valence-corrected chi connectivity index (χ4v) is 7.96. The summed E-state index contributed by atoms with van der Waals surface area (Å²) in [5.74, 6) is -0.0647. The lowest BCUT2D eigenvalue weighted by Gasteiger charge is -2.46. The number of Topliss-reactive ketones (excluding diaryl/α,β-unsaturated/α-hetero) is 1. The maximum Gasteiger partial charge on any atom is 0.319 e. The fourth-order valence-electron chi connectivity index (χ4n) is 7.96. The van der Waals surface area contributed by atoms with Crippen LogP contribution in [-0.2, 0) is 32.1 Å². The van der Waals surface area contributed by atoms with Gasteiger partial charge in [0, 0.05) is 42.5 Å². The smallest absolute Gasteiger partial charge is 0.319 e. The van der Waals surface area contributed by atoms with Gasteiger partial charge in [-0.05, 0) is 67.1 Å². The molecule has 5 atom stereocenters. The normalized spacial score (nSPS) is 23.1. The number of hydrogen-bond acceptors (Lipinski definition) is 8. The van der Waals surface area contributed by atoms with Crippen LogP contribution in [0.15, 0.2) is 109 Å². The number of carbonyl (C=O) groups is 3. The number of likely N-dealkylation sites (tertiary alicyclic amines) is 1. The van der Waals surface area contributed by atoms with Gasteiger partial charge < -0.3 is 40.3 Å². The number of benzene rings is 4. The summed E-state index contributed by atoms with van der Waals surface area (Å²) in [5.41, 5.74) is 4.51. The van der Waals surface area contributed by atoms with Crippen molar-refractivity contribution in [2.75, 3.05) is 36.5 Å². The monoisotopic (exact) mass is 731 g/mol. The molecule has 1 spiro atoms. The van der Waals surface area contributed by atoms with E-state index in [0.717, 1.165) is 41.0 Å². The Morgan fingerprint density at radius 3 is 2.28 bits per heavy atom.